The Morgan fingerprint density at radius 3 is 2.35 bits per heavy atom. The molecule has 0 amide bonds. The minimum Gasteiger partial charge on any atom is -0.479 e. The molecule has 4 nitrogen and oxygen atoms in total. The predicted octanol–water partition coefficient (Wildman–Crippen LogP) is 3.21. The molecule has 0 spiro atoms. The Labute approximate surface area is 117 Å². The van der Waals surface area contributed by atoms with Crippen LogP contribution in [0.15, 0.2) is 60.8 Å². The maximum atomic E-state index is 5.28. The molecule has 0 atom stereocenters. The van der Waals surface area contributed by atoms with Crippen LogP contribution in [0.4, 0.5) is 0 Å². The van der Waals surface area contributed by atoms with Gasteiger partial charge in [-0.3, -0.25) is 4.98 Å². The van der Waals surface area contributed by atoms with E-state index in [1.807, 2.05) is 54.6 Å². The zero-order chi connectivity index (χ0) is 13.8. The summed E-state index contributed by atoms with van der Waals surface area (Å²) in [6.45, 7) is 0. The van der Waals surface area contributed by atoms with Gasteiger partial charge in [-0.1, -0.05) is 36.4 Å². The SMILES string of the molecule is COc1nnc(-c2ccccc2)cc1-c1ccccn1. The summed E-state index contributed by atoms with van der Waals surface area (Å²) in [4.78, 5) is 4.34. The van der Waals surface area contributed by atoms with Gasteiger partial charge in [0.2, 0.25) is 5.88 Å². The zero-order valence-electron chi connectivity index (χ0n) is 11.0. The lowest BCUT2D eigenvalue weighted by Crippen LogP contribution is -1.97. The lowest BCUT2D eigenvalue weighted by atomic mass is 10.1. The molecule has 4 heteroatoms. The summed E-state index contributed by atoms with van der Waals surface area (Å²) >= 11 is 0. The minimum atomic E-state index is 0.475. The summed E-state index contributed by atoms with van der Waals surface area (Å²) in [6, 6.07) is 17.6. The van der Waals surface area contributed by atoms with E-state index in [0.717, 1.165) is 22.5 Å². The van der Waals surface area contributed by atoms with E-state index in [0.29, 0.717) is 5.88 Å². The van der Waals surface area contributed by atoms with Gasteiger partial charge in [0.1, 0.15) is 0 Å². The highest BCUT2D eigenvalue weighted by atomic mass is 16.5. The van der Waals surface area contributed by atoms with E-state index in [1.54, 1.807) is 13.3 Å². The van der Waals surface area contributed by atoms with Crippen molar-refractivity contribution < 1.29 is 4.74 Å². The highest BCUT2D eigenvalue weighted by Crippen LogP contribution is 2.29. The number of ether oxygens (including phenoxy) is 1. The van der Waals surface area contributed by atoms with Gasteiger partial charge in [-0.25, -0.2) is 0 Å². The molecular formula is C16H13N3O. The van der Waals surface area contributed by atoms with Gasteiger partial charge in [0.25, 0.3) is 0 Å². The average molecular weight is 263 g/mol. The van der Waals surface area contributed by atoms with Crippen LogP contribution in [0.5, 0.6) is 5.88 Å². The zero-order valence-corrected chi connectivity index (χ0v) is 11.0. The third-order valence-electron chi connectivity index (χ3n) is 2.96. The van der Waals surface area contributed by atoms with Crippen molar-refractivity contribution in [3.8, 4) is 28.4 Å². The number of hydrogen-bond acceptors (Lipinski definition) is 4. The smallest absolute Gasteiger partial charge is 0.242 e. The molecule has 0 bridgehead atoms. The Kier molecular flexibility index (Phi) is 3.37. The van der Waals surface area contributed by atoms with Gasteiger partial charge in [-0.05, 0) is 18.2 Å². The Balaban J connectivity index is 2.13. The van der Waals surface area contributed by atoms with Crippen molar-refractivity contribution in [2.24, 2.45) is 0 Å². The molecule has 98 valence electrons. The van der Waals surface area contributed by atoms with E-state index in [4.69, 9.17) is 4.74 Å². The molecule has 2 aromatic heterocycles. The summed E-state index contributed by atoms with van der Waals surface area (Å²) < 4.78 is 5.28. The maximum Gasteiger partial charge on any atom is 0.242 e. The quantitative estimate of drug-likeness (QED) is 0.728. The van der Waals surface area contributed by atoms with Crippen LogP contribution in [0.3, 0.4) is 0 Å². The molecule has 0 N–H and O–H groups in total. The van der Waals surface area contributed by atoms with E-state index < -0.39 is 0 Å². The summed E-state index contributed by atoms with van der Waals surface area (Å²) in [5.74, 6) is 0.475. The molecular weight excluding hydrogens is 250 g/mol. The molecule has 1 aromatic carbocycles. The Bertz CT molecular complexity index is 699. The first-order chi connectivity index (χ1) is 9.88. The number of aromatic nitrogens is 3. The molecule has 0 saturated heterocycles. The number of nitrogens with zero attached hydrogens (tertiary/aromatic N) is 3. The van der Waals surface area contributed by atoms with Gasteiger partial charge in [-0.2, -0.15) is 0 Å². The average Bonchev–Trinajstić information content (AvgIpc) is 2.56. The van der Waals surface area contributed by atoms with Crippen molar-refractivity contribution in [1.29, 1.82) is 0 Å². The molecule has 0 radical (unpaired) electrons. The number of rotatable bonds is 3. The summed E-state index contributed by atoms with van der Waals surface area (Å²) in [5, 5.41) is 8.34. The van der Waals surface area contributed by atoms with E-state index in [2.05, 4.69) is 15.2 Å². The predicted molar refractivity (Wildman–Crippen MR) is 77.3 cm³/mol. The molecule has 0 aliphatic carbocycles. The van der Waals surface area contributed by atoms with Crippen molar-refractivity contribution >= 4 is 0 Å². The molecule has 0 aliphatic rings. The van der Waals surface area contributed by atoms with E-state index in [9.17, 15) is 0 Å². The van der Waals surface area contributed by atoms with Crippen LogP contribution >= 0.6 is 0 Å². The Morgan fingerprint density at radius 2 is 1.65 bits per heavy atom. The highest BCUT2D eigenvalue weighted by molar-refractivity contribution is 5.71. The van der Waals surface area contributed by atoms with Crippen LogP contribution in [0.25, 0.3) is 22.5 Å². The van der Waals surface area contributed by atoms with Crippen LogP contribution < -0.4 is 4.74 Å². The fraction of sp³-hybridized carbons (Fsp3) is 0.0625. The Hall–Kier alpha value is -2.75. The second-order valence-electron chi connectivity index (χ2n) is 4.23. The lowest BCUT2D eigenvalue weighted by molar-refractivity contribution is 0.394. The van der Waals surface area contributed by atoms with Crippen molar-refractivity contribution in [3.63, 3.8) is 0 Å². The van der Waals surface area contributed by atoms with Crippen LogP contribution in [-0.4, -0.2) is 22.3 Å². The number of hydrogen-bond donors (Lipinski definition) is 0. The van der Waals surface area contributed by atoms with Gasteiger partial charge in [0.05, 0.1) is 24.1 Å². The molecule has 0 fully saturated rings. The lowest BCUT2D eigenvalue weighted by Gasteiger charge is -2.08. The highest BCUT2D eigenvalue weighted by Gasteiger charge is 2.11. The summed E-state index contributed by atoms with van der Waals surface area (Å²) in [5.41, 5.74) is 3.46. The van der Waals surface area contributed by atoms with Crippen molar-refractivity contribution in [3.05, 3.63) is 60.8 Å². The van der Waals surface area contributed by atoms with Crippen LogP contribution in [0.1, 0.15) is 0 Å². The number of pyridine rings is 1. The summed E-state index contributed by atoms with van der Waals surface area (Å²) in [7, 11) is 1.58. The monoisotopic (exact) mass is 263 g/mol. The van der Waals surface area contributed by atoms with E-state index in [-0.39, 0.29) is 0 Å². The summed E-state index contributed by atoms with van der Waals surface area (Å²) in [6.07, 6.45) is 1.75. The van der Waals surface area contributed by atoms with E-state index >= 15 is 0 Å². The van der Waals surface area contributed by atoms with E-state index in [1.165, 1.54) is 0 Å². The van der Waals surface area contributed by atoms with Gasteiger partial charge < -0.3 is 4.74 Å². The van der Waals surface area contributed by atoms with Crippen LogP contribution in [0.2, 0.25) is 0 Å². The molecule has 0 unspecified atom stereocenters. The molecule has 0 saturated carbocycles. The third kappa shape index (κ3) is 2.36. The maximum absolute atomic E-state index is 5.28. The normalized spacial score (nSPS) is 10.2. The standard InChI is InChI=1S/C16H13N3O/c1-20-16-13(14-9-5-6-10-17-14)11-15(18-19-16)12-7-3-2-4-8-12/h2-11H,1H3. The fourth-order valence-corrected chi connectivity index (χ4v) is 1.99. The first-order valence-corrected chi connectivity index (χ1v) is 6.27. The van der Waals surface area contributed by atoms with Crippen LogP contribution in [-0.2, 0) is 0 Å². The van der Waals surface area contributed by atoms with Gasteiger partial charge in [0, 0.05) is 11.8 Å². The largest absolute Gasteiger partial charge is 0.479 e. The van der Waals surface area contributed by atoms with Gasteiger partial charge in [0.15, 0.2) is 0 Å². The second kappa shape index (κ2) is 5.48. The van der Waals surface area contributed by atoms with Gasteiger partial charge in [-0.15, -0.1) is 10.2 Å². The molecule has 2 heterocycles. The second-order valence-corrected chi connectivity index (χ2v) is 4.23. The van der Waals surface area contributed by atoms with Crippen molar-refractivity contribution in [1.82, 2.24) is 15.2 Å². The van der Waals surface area contributed by atoms with Crippen molar-refractivity contribution in [2.45, 2.75) is 0 Å². The molecule has 3 aromatic rings. The number of methoxy groups -OCH3 is 1. The molecule has 0 aliphatic heterocycles. The number of benzene rings is 1. The molecule has 3 rings (SSSR count). The van der Waals surface area contributed by atoms with Crippen LogP contribution in [0, 0.1) is 0 Å². The Morgan fingerprint density at radius 1 is 0.850 bits per heavy atom. The molecule has 20 heavy (non-hydrogen) atoms. The minimum absolute atomic E-state index is 0.475. The topological polar surface area (TPSA) is 47.9 Å². The first kappa shape index (κ1) is 12.3. The van der Waals surface area contributed by atoms with Crippen molar-refractivity contribution in [2.75, 3.05) is 7.11 Å². The van der Waals surface area contributed by atoms with Gasteiger partial charge >= 0.3 is 0 Å². The fourth-order valence-electron chi connectivity index (χ4n) is 1.99. The first-order valence-electron chi connectivity index (χ1n) is 6.27. The third-order valence-corrected chi connectivity index (χ3v) is 2.96.